The van der Waals surface area contributed by atoms with Gasteiger partial charge in [-0.25, -0.2) is 4.79 Å². The van der Waals surface area contributed by atoms with Gasteiger partial charge in [-0.1, -0.05) is 36.4 Å². The summed E-state index contributed by atoms with van der Waals surface area (Å²) in [6.07, 6.45) is 4.22. The standard InChI is InChI=1S/C20H16N2O2/c23-20(24)16-9-4-10-18-17(16)12-19(14-6-2-1-3-7-14)22(18)15-8-5-11-21-13-15/h1-11,13,19H,12H2,(H,23,24). The van der Waals surface area contributed by atoms with Crippen LogP contribution in [0.5, 0.6) is 0 Å². The summed E-state index contributed by atoms with van der Waals surface area (Å²) in [5, 5.41) is 9.53. The highest BCUT2D eigenvalue weighted by atomic mass is 16.4. The van der Waals surface area contributed by atoms with Gasteiger partial charge in [0.2, 0.25) is 0 Å². The van der Waals surface area contributed by atoms with E-state index in [0.717, 1.165) is 22.5 Å². The van der Waals surface area contributed by atoms with Gasteiger partial charge in [0.05, 0.1) is 23.5 Å². The Morgan fingerprint density at radius 1 is 1.04 bits per heavy atom. The fourth-order valence-electron chi connectivity index (χ4n) is 3.43. The Hall–Kier alpha value is -3.14. The molecule has 0 bridgehead atoms. The summed E-state index contributed by atoms with van der Waals surface area (Å²) in [7, 11) is 0. The lowest BCUT2D eigenvalue weighted by Gasteiger charge is -2.27. The molecule has 0 amide bonds. The highest BCUT2D eigenvalue weighted by molar-refractivity contribution is 5.93. The van der Waals surface area contributed by atoms with Gasteiger partial charge >= 0.3 is 5.97 Å². The third-order valence-corrected chi connectivity index (χ3v) is 4.46. The maximum absolute atomic E-state index is 11.6. The first-order chi connectivity index (χ1) is 11.8. The van der Waals surface area contributed by atoms with E-state index in [-0.39, 0.29) is 6.04 Å². The second kappa shape index (κ2) is 5.81. The number of hydrogen-bond donors (Lipinski definition) is 1. The molecule has 24 heavy (non-hydrogen) atoms. The van der Waals surface area contributed by atoms with Gasteiger partial charge in [0.25, 0.3) is 0 Å². The molecule has 0 fully saturated rings. The third kappa shape index (κ3) is 2.33. The maximum Gasteiger partial charge on any atom is 0.336 e. The quantitative estimate of drug-likeness (QED) is 0.786. The topological polar surface area (TPSA) is 53.4 Å². The number of aromatic nitrogens is 1. The van der Waals surface area contributed by atoms with Crippen LogP contribution >= 0.6 is 0 Å². The van der Waals surface area contributed by atoms with Crippen LogP contribution in [0, 0.1) is 0 Å². The summed E-state index contributed by atoms with van der Waals surface area (Å²) in [4.78, 5) is 18.0. The predicted octanol–water partition coefficient (Wildman–Crippen LogP) is 4.22. The maximum atomic E-state index is 11.6. The van der Waals surface area contributed by atoms with Crippen LogP contribution in [-0.4, -0.2) is 16.1 Å². The smallest absolute Gasteiger partial charge is 0.336 e. The van der Waals surface area contributed by atoms with E-state index in [9.17, 15) is 9.90 Å². The molecule has 0 spiro atoms. The van der Waals surface area contributed by atoms with Gasteiger partial charge in [-0.15, -0.1) is 0 Å². The Morgan fingerprint density at radius 2 is 1.88 bits per heavy atom. The molecule has 1 aliphatic heterocycles. The zero-order valence-corrected chi connectivity index (χ0v) is 13.0. The molecule has 1 N–H and O–H groups in total. The fourth-order valence-corrected chi connectivity index (χ4v) is 3.43. The molecule has 1 aliphatic rings. The monoisotopic (exact) mass is 316 g/mol. The molecule has 0 radical (unpaired) electrons. The highest BCUT2D eigenvalue weighted by Gasteiger charge is 2.34. The van der Waals surface area contributed by atoms with Crippen molar-refractivity contribution < 1.29 is 9.90 Å². The molecule has 2 aromatic carbocycles. The van der Waals surface area contributed by atoms with Crippen LogP contribution in [0.4, 0.5) is 11.4 Å². The number of carboxylic acid groups (broad SMARTS) is 1. The Balaban J connectivity index is 1.90. The Kier molecular flexibility index (Phi) is 3.50. The number of aromatic carboxylic acids is 1. The van der Waals surface area contributed by atoms with Crippen molar-refractivity contribution in [1.82, 2.24) is 4.98 Å². The Labute approximate surface area is 140 Å². The van der Waals surface area contributed by atoms with Gasteiger partial charge in [0.15, 0.2) is 0 Å². The number of hydrogen-bond acceptors (Lipinski definition) is 3. The third-order valence-electron chi connectivity index (χ3n) is 4.46. The molecule has 1 atom stereocenters. The van der Waals surface area contributed by atoms with Crippen molar-refractivity contribution in [3.8, 4) is 0 Å². The summed E-state index contributed by atoms with van der Waals surface area (Å²) in [5.41, 5.74) is 4.32. The van der Waals surface area contributed by atoms with E-state index < -0.39 is 5.97 Å². The molecule has 3 aromatic rings. The fraction of sp³-hybridized carbons (Fsp3) is 0.100. The van der Waals surface area contributed by atoms with Crippen molar-refractivity contribution >= 4 is 17.3 Å². The summed E-state index contributed by atoms with van der Waals surface area (Å²) in [6.45, 7) is 0. The van der Waals surface area contributed by atoms with Gasteiger partial charge in [0.1, 0.15) is 0 Å². The van der Waals surface area contributed by atoms with Crippen LogP contribution in [-0.2, 0) is 6.42 Å². The molecule has 4 heteroatoms. The lowest BCUT2D eigenvalue weighted by Crippen LogP contribution is -2.19. The lowest BCUT2D eigenvalue weighted by atomic mass is 9.99. The van der Waals surface area contributed by atoms with Crippen LogP contribution in [0.1, 0.15) is 27.5 Å². The normalized spacial score (nSPS) is 16.0. The van der Waals surface area contributed by atoms with E-state index >= 15 is 0 Å². The van der Waals surface area contributed by atoms with Gasteiger partial charge in [0, 0.05) is 18.3 Å². The molecule has 1 aromatic heterocycles. The average Bonchev–Trinajstić information content (AvgIpc) is 3.02. The summed E-state index contributed by atoms with van der Waals surface area (Å²) in [6, 6.07) is 19.6. The van der Waals surface area contributed by atoms with E-state index in [1.807, 2.05) is 42.6 Å². The van der Waals surface area contributed by atoms with Gasteiger partial charge in [-0.3, -0.25) is 4.98 Å². The highest BCUT2D eigenvalue weighted by Crippen LogP contribution is 2.46. The average molecular weight is 316 g/mol. The molecular formula is C20H16N2O2. The molecule has 118 valence electrons. The summed E-state index contributed by atoms with van der Waals surface area (Å²) in [5.74, 6) is -0.883. The Bertz CT molecular complexity index is 879. The molecule has 0 saturated heterocycles. The number of pyridine rings is 1. The van der Waals surface area contributed by atoms with E-state index in [4.69, 9.17) is 0 Å². The largest absolute Gasteiger partial charge is 0.478 e. The van der Waals surface area contributed by atoms with Gasteiger partial charge < -0.3 is 10.0 Å². The first kappa shape index (κ1) is 14.5. The van der Waals surface area contributed by atoms with Crippen molar-refractivity contribution in [3.63, 3.8) is 0 Å². The minimum atomic E-state index is -0.883. The molecule has 4 nitrogen and oxygen atoms in total. The van der Waals surface area contributed by atoms with E-state index in [0.29, 0.717) is 12.0 Å². The molecule has 0 aliphatic carbocycles. The zero-order valence-electron chi connectivity index (χ0n) is 13.0. The minimum absolute atomic E-state index is 0.0610. The van der Waals surface area contributed by atoms with Crippen molar-refractivity contribution in [2.45, 2.75) is 12.5 Å². The number of benzene rings is 2. The minimum Gasteiger partial charge on any atom is -0.478 e. The van der Waals surface area contributed by atoms with Crippen molar-refractivity contribution in [2.75, 3.05) is 4.90 Å². The number of anilines is 2. The van der Waals surface area contributed by atoms with E-state index in [1.165, 1.54) is 0 Å². The van der Waals surface area contributed by atoms with E-state index in [1.54, 1.807) is 18.3 Å². The zero-order chi connectivity index (χ0) is 16.5. The number of rotatable bonds is 3. The second-order valence-corrected chi connectivity index (χ2v) is 5.82. The van der Waals surface area contributed by atoms with Crippen LogP contribution < -0.4 is 4.90 Å². The Morgan fingerprint density at radius 3 is 2.58 bits per heavy atom. The SMILES string of the molecule is O=C(O)c1cccc2c1CC(c1ccccc1)N2c1cccnc1. The lowest BCUT2D eigenvalue weighted by molar-refractivity contribution is 0.0696. The molecule has 2 heterocycles. The predicted molar refractivity (Wildman–Crippen MR) is 92.7 cm³/mol. The number of carbonyl (C=O) groups is 1. The molecular weight excluding hydrogens is 300 g/mol. The number of nitrogens with zero attached hydrogens (tertiary/aromatic N) is 2. The second-order valence-electron chi connectivity index (χ2n) is 5.82. The number of fused-ring (bicyclic) bond motifs is 1. The van der Waals surface area contributed by atoms with Crippen LogP contribution in [0.25, 0.3) is 0 Å². The van der Waals surface area contributed by atoms with Crippen LogP contribution in [0.15, 0.2) is 73.1 Å². The first-order valence-electron chi connectivity index (χ1n) is 7.85. The molecule has 0 saturated carbocycles. The summed E-state index contributed by atoms with van der Waals surface area (Å²) >= 11 is 0. The van der Waals surface area contributed by atoms with Crippen molar-refractivity contribution in [3.05, 3.63) is 89.7 Å². The summed E-state index contributed by atoms with van der Waals surface area (Å²) < 4.78 is 0. The van der Waals surface area contributed by atoms with E-state index in [2.05, 4.69) is 22.0 Å². The van der Waals surface area contributed by atoms with Crippen LogP contribution in [0.2, 0.25) is 0 Å². The van der Waals surface area contributed by atoms with Gasteiger partial charge in [-0.2, -0.15) is 0 Å². The van der Waals surface area contributed by atoms with Gasteiger partial charge in [-0.05, 0) is 35.4 Å². The molecule has 1 unspecified atom stereocenters. The first-order valence-corrected chi connectivity index (χ1v) is 7.85. The van der Waals surface area contributed by atoms with Crippen molar-refractivity contribution in [2.24, 2.45) is 0 Å². The van der Waals surface area contributed by atoms with Crippen LogP contribution in [0.3, 0.4) is 0 Å². The molecule has 4 rings (SSSR count). The van der Waals surface area contributed by atoms with Crippen molar-refractivity contribution in [1.29, 1.82) is 0 Å². The number of carboxylic acids is 1.